The molecule has 1 fully saturated rings. The van der Waals surface area contributed by atoms with E-state index in [-0.39, 0.29) is 25.2 Å². The van der Waals surface area contributed by atoms with Gasteiger partial charge in [0.15, 0.2) is 11.5 Å². The molecule has 1 aromatic rings. The molecule has 0 bridgehead atoms. The number of nitrogens with zero attached hydrogens (tertiary/aromatic N) is 1. The summed E-state index contributed by atoms with van der Waals surface area (Å²) in [5.74, 6) is 1.43. The van der Waals surface area contributed by atoms with Gasteiger partial charge in [-0.1, -0.05) is 6.07 Å². The van der Waals surface area contributed by atoms with Crippen LogP contribution < -0.4 is 14.2 Å². The fraction of sp³-hybridized carbons (Fsp3) is 0.571. The molecule has 2 heterocycles. The van der Waals surface area contributed by atoms with Gasteiger partial charge in [-0.2, -0.15) is 0 Å². The summed E-state index contributed by atoms with van der Waals surface area (Å²) in [4.78, 5) is 2.22. The van der Waals surface area contributed by atoms with Gasteiger partial charge in [0.1, 0.15) is 0 Å². The first-order valence-corrected chi connectivity index (χ1v) is 9.08. The molecule has 1 aromatic carbocycles. The van der Waals surface area contributed by atoms with Crippen LogP contribution >= 0.6 is 12.4 Å². The van der Waals surface area contributed by atoms with Crippen LogP contribution in [0.1, 0.15) is 11.6 Å². The Bertz CT molecular complexity index is 634. The van der Waals surface area contributed by atoms with Crippen LogP contribution in [-0.4, -0.2) is 59.2 Å². The maximum Gasteiger partial charge on any atom is 0.231 e. The summed E-state index contributed by atoms with van der Waals surface area (Å²) in [6.07, 6.45) is 1.17. The highest BCUT2D eigenvalue weighted by atomic mass is 35.5. The molecule has 1 N–H and O–H groups in total. The maximum atomic E-state index is 11.4. The zero-order valence-electron chi connectivity index (χ0n) is 12.9. The first-order valence-electron chi connectivity index (χ1n) is 7.19. The van der Waals surface area contributed by atoms with Crippen molar-refractivity contribution >= 4 is 22.4 Å². The minimum absolute atomic E-state index is 0. The number of hydrogen-bond donors (Lipinski definition) is 1. The highest BCUT2D eigenvalue weighted by Crippen LogP contribution is 2.35. The third-order valence-corrected chi connectivity index (χ3v) is 4.50. The summed E-state index contributed by atoms with van der Waals surface area (Å²) in [6, 6.07) is 5.68. The van der Waals surface area contributed by atoms with E-state index in [4.69, 9.17) is 14.2 Å². The highest BCUT2D eigenvalue weighted by Gasteiger charge is 2.25. The van der Waals surface area contributed by atoms with E-state index < -0.39 is 10.0 Å². The Labute approximate surface area is 142 Å². The lowest BCUT2D eigenvalue weighted by atomic mass is 10.0. The van der Waals surface area contributed by atoms with Gasteiger partial charge in [-0.05, 0) is 17.7 Å². The molecule has 1 saturated heterocycles. The van der Waals surface area contributed by atoms with E-state index in [2.05, 4.69) is 9.62 Å². The number of halogens is 1. The Morgan fingerprint density at radius 2 is 1.91 bits per heavy atom. The minimum atomic E-state index is -3.24. The van der Waals surface area contributed by atoms with Crippen molar-refractivity contribution in [2.24, 2.45) is 0 Å². The minimum Gasteiger partial charge on any atom is -0.454 e. The number of ether oxygens (including phenoxy) is 3. The van der Waals surface area contributed by atoms with Crippen molar-refractivity contribution in [1.82, 2.24) is 9.62 Å². The zero-order valence-corrected chi connectivity index (χ0v) is 14.5. The normalized spacial score (nSPS) is 19.2. The van der Waals surface area contributed by atoms with Crippen molar-refractivity contribution in [3.63, 3.8) is 0 Å². The number of nitrogens with one attached hydrogen (secondary N) is 1. The van der Waals surface area contributed by atoms with Crippen molar-refractivity contribution in [2.75, 3.05) is 45.9 Å². The molecular formula is C14H21ClN2O5S. The molecule has 7 nitrogen and oxygen atoms in total. The SMILES string of the molecule is CS(=O)(=O)NCC(c1ccc2c(c1)OCO2)N1CCOCC1.Cl. The summed E-state index contributed by atoms with van der Waals surface area (Å²) < 4.78 is 41.6. The number of sulfonamides is 1. The zero-order chi connectivity index (χ0) is 15.6. The second-order valence-corrected chi connectivity index (χ2v) is 7.23. The predicted octanol–water partition coefficient (Wildman–Crippen LogP) is 0.760. The Morgan fingerprint density at radius 1 is 1.22 bits per heavy atom. The second kappa shape index (κ2) is 7.67. The number of rotatable bonds is 5. The summed E-state index contributed by atoms with van der Waals surface area (Å²) in [5, 5.41) is 0. The van der Waals surface area contributed by atoms with Gasteiger partial charge in [0.2, 0.25) is 16.8 Å². The molecule has 1 atom stereocenters. The molecule has 2 aliphatic heterocycles. The molecule has 3 rings (SSSR count). The van der Waals surface area contributed by atoms with Crippen LogP contribution in [0.2, 0.25) is 0 Å². The Balaban J connectivity index is 0.00000192. The third kappa shape index (κ3) is 4.71. The molecule has 23 heavy (non-hydrogen) atoms. The second-order valence-electron chi connectivity index (χ2n) is 5.40. The fourth-order valence-electron chi connectivity index (χ4n) is 2.70. The Hall–Kier alpha value is -1.06. The van der Waals surface area contributed by atoms with Crippen LogP contribution in [-0.2, 0) is 14.8 Å². The molecule has 130 valence electrons. The standard InChI is InChI=1S/C14H20N2O5S.ClH/c1-22(17,18)15-9-12(16-4-6-19-7-5-16)11-2-3-13-14(8-11)21-10-20-13;/h2-3,8,12,15H,4-7,9-10H2,1H3;1H. The number of morpholine rings is 1. The number of fused-ring (bicyclic) bond motifs is 1. The molecule has 1 unspecified atom stereocenters. The van der Waals surface area contributed by atoms with Crippen molar-refractivity contribution in [3.05, 3.63) is 23.8 Å². The van der Waals surface area contributed by atoms with Gasteiger partial charge in [0, 0.05) is 25.7 Å². The maximum absolute atomic E-state index is 11.4. The first kappa shape index (κ1) is 18.3. The molecule has 9 heteroatoms. The first-order chi connectivity index (χ1) is 10.5. The van der Waals surface area contributed by atoms with Crippen molar-refractivity contribution in [3.8, 4) is 11.5 Å². The molecule has 0 aliphatic carbocycles. The lowest BCUT2D eigenvalue weighted by molar-refractivity contribution is 0.0172. The van der Waals surface area contributed by atoms with Gasteiger partial charge in [-0.25, -0.2) is 13.1 Å². The average molecular weight is 365 g/mol. The monoisotopic (exact) mass is 364 g/mol. The van der Waals surface area contributed by atoms with Crippen molar-refractivity contribution < 1.29 is 22.6 Å². The quantitative estimate of drug-likeness (QED) is 0.831. The van der Waals surface area contributed by atoms with Gasteiger partial charge in [0.05, 0.1) is 19.5 Å². The van der Waals surface area contributed by atoms with E-state index in [1.165, 1.54) is 6.26 Å². The van der Waals surface area contributed by atoms with Crippen LogP contribution in [0.25, 0.3) is 0 Å². The largest absolute Gasteiger partial charge is 0.454 e. The molecular weight excluding hydrogens is 344 g/mol. The van der Waals surface area contributed by atoms with Crippen LogP contribution in [0.15, 0.2) is 18.2 Å². The Kier molecular flexibility index (Phi) is 6.10. The third-order valence-electron chi connectivity index (χ3n) is 3.81. The van der Waals surface area contributed by atoms with Crippen LogP contribution in [0.3, 0.4) is 0 Å². The van der Waals surface area contributed by atoms with E-state index in [9.17, 15) is 8.42 Å². The molecule has 0 aromatic heterocycles. The average Bonchev–Trinajstić information content (AvgIpc) is 2.95. The lowest BCUT2D eigenvalue weighted by Gasteiger charge is -2.34. The van der Waals surface area contributed by atoms with Crippen molar-refractivity contribution in [2.45, 2.75) is 6.04 Å². The van der Waals surface area contributed by atoms with E-state index in [1.54, 1.807) is 0 Å². The summed E-state index contributed by atoms with van der Waals surface area (Å²) in [7, 11) is -3.24. The fourth-order valence-corrected chi connectivity index (χ4v) is 3.16. The van der Waals surface area contributed by atoms with E-state index >= 15 is 0 Å². The van der Waals surface area contributed by atoms with E-state index in [0.29, 0.717) is 25.5 Å². The molecule has 0 spiro atoms. The van der Waals surface area contributed by atoms with Crippen molar-refractivity contribution in [1.29, 1.82) is 0 Å². The molecule has 0 saturated carbocycles. The highest BCUT2D eigenvalue weighted by molar-refractivity contribution is 7.88. The van der Waals surface area contributed by atoms with Gasteiger partial charge >= 0.3 is 0 Å². The summed E-state index contributed by atoms with van der Waals surface area (Å²) in [5.41, 5.74) is 1.00. The van der Waals surface area contributed by atoms with Crippen LogP contribution in [0.5, 0.6) is 11.5 Å². The topological polar surface area (TPSA) is 77.1 Å². The van der Waals surface area contributed by atoms with Gasteiger partial charge in [0.25, 0.3) is 0 Å². The number of benzene rings is 1. The van der Waals surface area contributed by atoms with Gasteiger partial charge in [-0.15, -0.1) is 12.4 Å². The Morgan fingerprint density at radius 3 is 2.61 bits per heavy atom. The van der Waals surface area contributed by atoms with E-state index in [0.717, 1.165) is 24.4 Å². The van der Waals surface area contributed by atoms with Crippen LogP contribution in [0, 0.1) is 0 Å². The smallest absolute Gasteiger partial charge is 0.231 e. The number of hydrogen-bond acceptors (Lipinski definition) is 6. The predicted molar refractivity (Wildman–Crippen MR) is 87.8 cm³/mol. The molecule has 0 amide bonds. The van der Waals surface area contributed by atoms with Gasteiger partial charge < -0.3 is 14.2 Å². The molecule has 2 aliphatic rings. The lowest BCUT2D eigenvalue weighted by Crippen LogP contribution is -2.43. The van der Waals surface area contributed by atoms with E-state index in [1.807, 2.05) is 18.2 Å². The molecule has 0 radical (unpaired) electrons. The van der Waals surface area contributed by atoms with Gasteiger partial charge in [-0.3, -0.25) is 4.90 Å². The summed E-state index contributed by atoms with van der Waals surface area (Å²) >= 11 is 0. The van der Waals surface area contributed by atoms with Crippen LogP contribution in [0.4, 0.5) is 0 Å². The summed E-state index contributed by atoms with van der Waals surface area (Å²) in [6.45, 7) is 3.38.